The first kappa shape index (κ1) is 25.9. The van der Waals surface area contributed by atoms with E-state index in [9.17, 15) is 14.4 Å². The van der Waals surface area contributed by atoms with Gasteiger partial charge in [-0.25, -0.2) is 9.59 Å². The third-order valence-corrected chi connectivity index (χ3v) is 3.18. The minimum Gasteiger partial charge on any atom is -0.480 e. The Morgan fingerprint density at radius 3 is 1.64 bits per heavy atom. The van der Waals surface area contributed by atoms with E-state index < -0.39 is 29.4 Å². The largest absolute Gasteiger partial charge is 0.480 e. The maximum atomic E-state index is 12.5. The minimum atomic E-state index is -0.983. The van der Waals surface area contributed by atoms with Gasteiger partial charge < -0.3 is 35.4 Å². The molecule has 10 heteroatoms. The first-order valence-corrected chi connectivity index (χ1v) is 9.33. The normalized spacial score (nSPS) is 11.7. The van der Waals surface area contributed by atoms with Gasteiger partial charge in [0.05, 0.1) is 6.54 Å². The van der Waals surface area contributed by atoms with Crippen molar-refractivity contribution in [2.75, 3.05) is 45.8 Å². The number of carbonyl (C=O) groups excluding carboxylic acids is 2. The van der Waals surface area contributed by atoms with Crippen LogP contribution in [0, 0.1) is 0 Å². The molecule has 0 aromatic rings. The van der Waals surface area contributed by atoms with Gasteiger partial charge >= 0.3 is 18.2 Å². The molecule has 4 N–H and O–H groups in total. The molecular formula is C18H36N4O6. The topological polar surface area (TPSA) is 134 Å². The van der Waals surface area contributed by atoms with Gasteiger partial charge in [-0.2, -0.15) is 0 Å². The standard InChI is InChI=1S/C18H36N4O6/c1-17(2,3)27-15(25)21(9-7-19)11-12-22(10-8-20-13-14(23)24)16(26)28-18(4,5)6/h20H,7-13,19H2,1-6H3,(H,23,24). The summed E-state index contributed by atoms with van der Waals surface area (Å²) in [5.41, 5.74) is 4.27. The Morgan fingerprint density at radius 1 is 0.857 bits per heavy atom. The van der Waals surface area contributed by atoms with Crippen LogP contribution < -0.4 is 11.1 Å². The van der Waals surface area contributed by atoms with Crippen LogP contribution in [0.4, 0.5) is 9.59 Å². The molecule has 164 valence electrons. The van der Waals surface area contributed by atoms with Crippen LogP contribution in [0.25, 0.3) is 0 Å². The van der Waals surface area contributed by atoms with E-state index >= 15 is 0 Å². The summed E-state index contributed by atoms with van der Waals surface area (Å²) in [6.07, 6.45) is -1.05. The van der Waals surface area contributed by atoms with Gasteiger partial charge in [-0.15, -0.1) is 0 Å². The molecule has 0 spiro atoms. The number of hydrogen-bond acceptors (Lipinski definition) is 7. The molecule has 0 unspecified atom stereocenters. The van der Waals surface area contributed by atoms with Crippen molar-refractivity contribution >= 4 is 18.2 Å². The van der Waals surface area contributed by atoms with E-state index in [2.05, 4.69) is 5.32 Å². The molecule has 0 aliphatic heterocycles. The van der Waals surface area contributed by atoms with Gasteiger partial charge in [0, 0.05) is 39.3 Å². The van der Waals surface area contributed by atoms with Gasteiger partial charge in [-0.1, -0.05) is 0 Å². The Morgan fingerprint density at radius 2 is 1.29 bits per heavy atom. The number of carboxylic acids is 1. The van der Waals surface area contributed by atoms with Gasteiger partial charge in [-0.05, 0) is 41.5 Å². The minimum absolute atomic E-state index is 0.197. The Kier molecular flexibility index (Phi) is 10.8. The van der Waals surface area contributed by atoms with Crippen molar-refractivity contribution < 1.29 is 29.0 Å². The van der Waals surface area contributed by atoms with E-state index in [0.29, 0.717) is 0 Å². The highest BCUT2D eigenvalue weighted by Crippen LogP contribution is 2.12. The van der Waals surface area contributed by atoms with Crippen LogP contribution in [0.1, 0.15) is 41.5 Å². The fraction of sp³-hybridized carbons (Fsp3) is 0.833. The second kappa shape index (κ2) is 11.7. The summed E-state index contributed by atoms with van der Waals surface area (Å²) in [6.45, 7) is 11.8. The summed E-state index contributed by atoms with van der Waals surface area (Å²) in [7, 11) is 0. The summed E-state index contributed by atoms with van der Waals surface area (Å²) in [4.78, 5) is 38.3. The number of nitrogens with two attached hydrogens (primary N) is 1. The first-order valence-electron chi connectivity index (χ1n) is 9.33. The average Bonchev–Trinajstić information content (AvgIpc) is 2.49. The molecule has 0 aliphatic rings. The number of carboxylic acid groups (broad SMARTS) is 1. The van der Waals surface area contributed by atoms with Crippen molar-refractivity contribution in [3.63, 3.8) is 0 Å². The fourth-order valence-corrected chi connectivity index (χ4v) is 2.05. The summed E-state index contributed by atoms with van der Waals surface area (Å²) < 4.78 is 10.8. The van der Waals surface area contributed by atoms with Gasteiger partial charge in [-0.3, -0.25) is 4.79 Å². The molecule has 0 saturated heterocycles. The molecule has 0 aromatic heterocycles. The van der Waals surface area contributed by atoms with Crippen molar-refractivity contribution in [1.82, 2.24) is 15.1 Å². The molecule has 28 heavy (non-hydrogen) atoms. The molecule has 0 saturated carbocycles. The van der Waals surface area contributed by atoms with E-state index in [4.69, 9.17) is 20.3 Å². The summed E-state index contributed by atoms with van der Waals surface area (Å²) in [5, 5.41) is 11.4. The zero-order chi connectivity index (χ0) is 22.0. The number of nitrogens with one attached hydrogen (secondary N) is 1. The summed E-state index contributed by atoms with van der Waals surface area (Å²) >= 11 is 0. The third-order valence-electron chi connectivity index (χ3n) is 3.18. The smallest absolute Gasteiger partial charge is 0.410 e. The number of hydrogen-bond donors (Lipinski definition) is 3. The van der Waals surface area contributed by atoms with Crippen LogP contribution in [0.3, 0.4) is 0 Å². The van der Waals surface area contributed by atoms with E-state index in [0.717, 1.165) is 0 Å². The predicted octanol–water partition coefficient (Wildman–Crippen LogP) is 1.09. The van der Waals surface area contributed by atoms with Crippen LogP contribution in [0.2, 0.25) is 0 Å². The van der Waals surface area contributed by atoms with Crippen LogP contribution >= 0.6 is 0 Å². The summed E-state index contributed by atoms with van der Waals surface area (Å²) in [6, 6.07) is 0. The highest BCUT2D eigenvalue weighted by atomic mass is 16.6. The van der Waals surface area contributed by atoms with Gasteiger partial charge in [0.25, 0.3) is 0 Å². The number of ether oxygens (including phenoxy) is 2. The van der Waals surface area contributed by atoms with Gasteiger partial charge in [0.1, 0.15) is 11.2 Å². The second-order valence-electron chi connectivity index (χ2n) is 8.29. The number of aliphatic carboxylic acids is 1. The Labute approximate surface area is 167 Å². The lowest BCUT2D eigenvalue weighted by Gasteiger charge is -2.31. The SMILES string of the molecule is CC(C)(C)OC(=O)N(CCN)CCN(CCNCC(=O)O)C(=O)OC(C)(C)C. The number of amides is 2. The van der Waals surface area contributed by atoms with Gasteiger partial charge in [0.2, 0.25) is 0 Å². The predicted molar refractivity (Wildman–Crippen MR) is 105 cm³/mol. The Bertz CT molecular complexity index is 513. The molecule has 0 atom stereocenters. The number of rotatable bonds is 10. The molecule has 0 heterocycles. The van der Waals surface area contributed by atoms with E-state index in [-0.39, 0.29) is 45.8 Å². The highest BCUT2D eigenvalue weighted by molar-refractivity contribution is 5.70. The van der Waals surface area contributed by atoms with Gasteiger partial charge in [0.15, 0.2) is 0 Å². The lowest BCUT2D eigenvalue weighted by atomic mass is 10.2. The first-order chi connectivity index (χ1) is 12.7. The molecule has 0 rings (SSSR count). The van der Waals surface area contributed by atoms with Crippen molar-refractivity contribution in [1.29, 1.82) is 0 Å². The molecule has 0 radical (unpaired) electrons. The molecule has 2 amide bonds. The fourth-order valence-electron chi connectivity index (χ4n) is 2.05. The van der Waals surface area contributed by atoms with E-state index in [1.54, 1.807) is 41.5 Å². The number of nitrogens with zero attached hydrogens (tertiary/aromatic N) is 2. The van der Waals surface area contributed by atoms with Crippen LogP contribution in [0.15, 0.2) is 0 Å². The van der Waals surface area contributed by atoms with Crippen molar-refractivity contribution in [3.8, 4) is 0 Å². The maximum absolute atomic E-state index is 12.5. The molecule has 0 aliphatic carbocycles. The molecule has 0 fully saturated rings. The van der Waals surface area contributed by atoms with Crippen molar-refractivity contribution in [2.45, 2.75) is 52.7 Å². The summed E-state index contributed by atoms with van der Waals surface area (Å²) in [5.74, 6) is -0.983. The lowest BCUT2D eigenvalue weighted by Crippen LogP contribution is -2.47. The van der Waals surface area contributed by atoms with E-state index in [1.165, 1.54) is 9.80 Å². The highest BCUT2D eigenvalue weighted by Gasteiger charge is 2.25. The van der Waals surface area contributed by atoms with Crippen LogP contribution in [-0.4, -0.2) is 90.1 Å². The zero-order valence-corrected chi connectivity index (χ0v) is 17.9. The number of carbonyl (C=O) groups is 3. The van der Waals surface area contributed by atoms with Crippen LogP contribution in [0.5, 0.6) is 0 Å². The Balaban J connectivity index is 4.97. The molecule has 0 bridgehead atoms. The lowest BCUT2D eigenvalue weighted by molar-refractivity contribution is -0.135. The monoisotopic (exact) mass is 404 g/mol. The zero-order valence-electron chi connectivity index (χ0n) is 17.9. The van der Waals surface area contributed by atoms with E-state index in [1.807, 2.05) is 0 Å². The molecule has 0 aromatic carbocycles. The average molecular weight is 405 g/mol. The maximum Gasteiger partial charge on any atom is 0.410 e. The molecule has 10 nitrogen and oxygen atoms in total. The Hall–Kier alpha value is -2.07. The second-order valence-corrected chi connectivity index (χ2v) is 8.29. The van der Waals surface area contributed by atoms with Crippen LogP contribution in [-0.2, 0) is 14.3 Å². The third kappa shape index (κ3) is 13.2. The quantitative estimate of drug-likeness (QED) is 0.461. The van der Waals surface area contributed by atoms with Crippen molar-refractivity contribution in [3.05, 3.63) is 0 Å². The molecular weight excluding hydrogens is 368 g/mol. The van der Waals surface area contributed by atoms with Crippen molar-refractivity contribution in [2.24, 2.45) is 5.73 Å².